The molecule has 2 heterocycles. The fourth-order valence-corrected chi connectivity index (χ4v) is 2.92. The molecule has 0 amide bonds. The first-order valence-corrected chi connectivity index (χ1v) is 7.84. The van der Waals surface area contributed by atoms with Gasteiger partial charge in [-0.2, -0.15) is 0 Å². The van der Waals surface area contributed by atoms with Gasteiger partial charge in [-0.1, -0.05) is 13.8 Å². The molecule has 6 heteroatoms. The topological polar surface area (TPSA) is 75.5 Å². The monoisotopic (exact) mass is 307 g/mol. The van der Waals surface area contributed by atoms with Crippen molar-refractivity contribution in [1.29, 1.82) is 0 Å². The van der Waals surface area contributed by atoms with Crippen LogP contribution in [0.4, 0.5) is 5.82 Å². The van der Waals surface area contributed by atoms with Crippen molar-refractivity contribution in [3.8, 4) is 0 Å². The molecule has 0 spiro atoms. The average Bonchev–Trinajstić information content (AvgIpc) is 2.53. The van der Waals surface area contributed by atoms with Crippen molar-refractivity contribution in [2.75, 3.05) is 25.1 Å². The number of nitrogens with zero attached hydrogens (tertiary/aromatic N) is 3. The van der Waals surface area contributed by atoms with E-state index < -0.39 is 5.97 Å². The summed E-state index contributed by atoms with van der Waals surface area (Å²) in [5, 5.41) is 10.2. The van der Waals surface area contributed by atoms with E-state index in [9.17, 15) is 9.90 Å². The van der Waals surface area contributed by atoms with Gasteiger partial charge < -0.3 is 14.7 Å². The maximum Gasteiger partial charge on any atom is 0.356 e. The van der Waals surface area contributed by atoms with E-state index in [4.69, 9.17) is 0 Å². The Morgan fingerprint density at radius 1 is 1.41 bits per heavy atom. The number of piperidine rings is 1. The van der Waals surface area contributed by atoms with E-state index in [1.165, 1.54) is 13.4 Å². The molecule has 1 saturated heterocycles. The van der Waals surface area contributed by atoms with Gasteiger partial charge in [0.15, 0.2) is 5.69 Å². The summed E-state index contributed by atoms with van der Waals surface area (Å²) in [7, 11) is 1.34. The number of aliphatic hydroxyl groups is 1. The SMILES string of the molecule is COC(=O)c1cc(N2CCC([C@H](O)CC(C)C)CC2)ncn1. The Morgan fingerprint density at radius 3 is 2.68 bits per heavy atom. The molecule has 0 aliphatic carbocycles. The Kier molecular flexibility index (Phi) is 5.71. The Bertz CT molecular complexity index is 499. The van der Waals surface area contributed by atoms with Crippen LogP contribution in [0, 0.1) is 11.8 Å². The van der Waals surface area contributed by atoms with E-state index in [1.54, 1.807) is 6.07 Å². The number of carbonyl (C=O) groups excluding carboxylic acids is 1. The van der Waals surface area contributed by atoms with Crippen LogP contribution in [-0.2, 0) is 4.74 Å². The van der Waals surface area contributed by atoms with Gasteiger partial charge in [0.25, 0.3) is 0 Å². The molecule has 1 fully saturated rings. The molecule has 0 saturated carbocycles. The molecule has 6 nitrogen and oxygen atoms in total. The number of rotatable bonds is 5. The number of carbonyl (C=O) groups is 1. The highest BCUT2D eigenvalue weighted by Crippen LogP contribution is 2.26. The number of aromatic nitrogens is 2. The van der Waals surface area contributed by atoms with Gasteiger partial charge in [0.2, 0.25) is 0 Å². The normalized spacial score (nSPS) is 17.6. The molecule has 0 aromatic carbocycles. The molecule has 1 aliphatic rings. The average molecular weight is 307 g/mol. The molecule has 1 aromatic rings. The summed E-state index contributed by atoms with van der Waals surface area (Å²) in [4.78, 5) is 21.8. The van der Waals surface area contributed by atoms with E-state index in [-0.39, 0.29) is 11.8 Å². The van der Waals surface area contributed by atoms with Gasteiger partial charge in [-0.15, -0.1) is 0 Å². The Hall–Kier alpha value is -1.69. The van der Waals surface area contributed by atoms with Crippen molar-refractivity contribution in [2.24, 2.45) is 11.8 Å². The minimum absolute atomic E-state index is 0.224. The predicted molar refractivity (Wildman–Crippen MR) is 83.8 cm³/mol. The highest BCUT2D eigenvalue weighted by atomic mass is 16.5. The van der Waals surface area contributed by atoms with Crippen molar-refractivity contribution in [1.82, 2.24) is 9.97 Å². The number of hydrogen-bond acceptors (Lipinski definition) is 6. The third-order valence-electron chi connectivity index (χ3n) is 4.17. The molecule has 2 rings (SSSR count). The fraction of sp³-hybridized carbons (Fsp3) is 0.688. The second-order valence-corrected chi connectivity index (χ2v) is 6.27. The first-order chi connectivity index (χ1) is 10.5. The number of methoxy groups -OCH3 is 1. The molecule has 1 aromatic heterocycles. The third kappa shape index (κ3) is 4.16. The van der Waals surface area contributed by atoms with Gasteiger partial charge >= 0.3 is 5.97 Å². The lowest BCUT2D eigenvalue weighted by Crippen LogP contribution is -2.38. The number of esters is 1. The van der Waals surface area contributed by atoms with Gasteiger partial charge in [0.05, 0.1) is 13.2 Å². The van der Waals surface area contributed by atoms with Crippen molar-refractivity contribution in [2.45, 2.75) is 39.2 Å². The van der Waals surface area contributed by atoms with Gasteiger partial charge in [-0.25, -0.2) is 14.8 Å². The van der Waals surface area contributed by atoms with Crippen LogP contribution < -0.4 is 4.90 Å². The molecule has 0 bridgehead atoms. The molecule has 22 heavy (non-hydrogen) atoms. The highest BCUT2D eigenvalue weighted by Gasteiger charge is 2.26. The second kappa shape index (κ2) is 7.54. The van der Waals surface area contributed by atoms with Crippen molar-refractivity contribution in [3.05, 3.63) is 18.1 Å². The van der Waals surface area contributed by atoms with Gasteiger partial charge in [0, 0.05) is 19.2 Å². The van der Waals surface area contributed by atoms with Crippen molar-refractivity contribution in [3.63, 3.8) is 0 Å². The standard InChI is InChI=1S/C16H25N3O3/c1-11(2)8-14(20)12-4-6-19(7-5-12)15-9-13(16(21)22-3)17-10-18-15/h9-12,14,20H,4-8H2,1-3H3/t14-/m1/s1. The summed E-state index contributed by atoms with van der Waals surface area (Å²) in [6, 6.07) is 1.66. The molecule has 0 unspecified atom stereocenters. The lowest BCUT2D eigenvalue weighted by atomic mass is 9.87. The molecule has 122 valence electrons. The quantitative estimate of drug-likeness (QED) is 0.837. The van der Waals surface area contributed by atoms with E-state index >= 15 is 0 Å². The molecule has 1 atom stereocenters. The van der Waals surface area contributed by atoms with E-state index in [0.717, 1.165) is 38.2 Å². The van der Waals surface area contributed by atoms with Gasteiger partial charge in [0.1, 0.15) is 12.1 Å². The zero-order valence-electron chi connectivity index (χ0n) is 13.5. The summed E-state index contributed by atoms with van der Waals surface area (Å²) in [5.74, 6) is 1.15. The molecule has 1 N–H and O–H groups in total. The number of hydrogen-bond donors (Lipinski definition) is 1. The van der Waals surface area contributed by atoms with E-state index in [2.05, 4.69) is 33.5 Å². The summed E-state index contributed by atoms with van der Waals surface area (Å²) in [5.41, 5.74) is 0.273. The zero-order chi connectivity index (χ0) is 16.1. The Labute approximate surface area is 131 Å². The van der Waals surface area contributed by atoms with E-state index in [1.807, 2.05) is 0 Å². The van der Waals surface area contributed by atoms with Crippen molar-refractivity contribution < 1.29 is 14.6 Å². The summed E-state index contributed by atoms with van der Waals surface area (Å²) in [6.45, 7) is 5.93. The van der Waals surface area contributed by atoms with Gasteiger partial charge in [-0.05, 0) is 31.1 Å². The maximum absolute atomic E-state index is 11.5. The second-order valence-electron chi connectivity index (χ2n) is 6.27. The number of anilines is 1. The van der Waals surface area contributed by atoms with Crippen LogP contribution >= 0.6 is 0 Å². The van der Waals surface area contributed by atoms with Crippen LogP contribution in [0.2, 0.25) is 0 Å². The largest absolute Gasteiger partial charge is 0.464 e. The van der Waals surface area contributed by atoms with Crippen LogP contribution in [0.5, 0.6) is 0 Å². The number of aliphatic hydroxyl groups excluding tert-OH is 1. The summed E-state index contributed by atoms with van der Waals surface area (Å²) < 4.78 is 4.68. The smallest absolute Gasteiger partial charge is 0.356 e. The molecule has 0 radical (unpaired) electrons. The van der Waals surface area contributed by atoms with Crippen LogP contribution in [0.3, 0.4) is 0 Å². The van der Waals surface area contributed by atoms with E-state index in [0.29, 0.717) is 11.8 Å². The Morgan fingerprint density at radius 2 is 2.09 bits per heavy atom. The van der Waals surface area contributed by atoms with Crippen LogP contribution in [-0.4, -0.2) is 47.3 Å². The Balaban J connectivity index is 1.95. The summed E-state index contributed by atoms with van der Waals surface area (Å²) in [6.07, 6.45) is 3.89. The maximum atomic E-state index is 11.5. The van der Waals surface area contributed by atoms with Crippen LogP contribution in [0.25, 0.3) is 0 Å². The molecular formula is C16H25N3O3. The minimum Gasteiger partial charge on any atom is -0.464 e. The fourth-order valence-electron chi connectivity index (χ4n) is 2.92. The molecule has 1 aliphatic heterocycles. The summed E-state index contributed by atoms with van der Waals surface area (Å²) >= 11 is 0. The van der Waals surface area contributed by atoms with Gasteiger partial charge in [-0.3, -0.25) is 0 Å². The van der Waals surface area contributed by atoms with Crippen LogP contribution in [0.15, 0.2) is 12.4 Å². The highest BCUT2D eigenvalue weighted by molar-refractivity contribution is 5.87. The number of ether oxygens (including phenoxy) is 1. The zero-order valence-corrected chi connectivity index (χ0v) is 13.5. The first kappa shape index (κ1) is 16.7. The lowest BCUT2D eigenvalue weighted by molar-refractivity contribution is 0.0594. The van der Waals surface area contributed by atoms with Crippen LogP contribution in [0.1, 0.15) is 43.6 Å². The third-order valence-corrected chi connectivity index (χ3v) is 4.17. The molecular weight excluding hydrogens is 282 g/mol. The lowest BCUT2D eigenvalue weighted by Gasteiger charge is -2.35. The van der Waals surface area contributed by atoms with Crippen molar-refractivity contribution >= 4 is 11.8 Å². The first-order valence-electron chi connectivity index (χ1n) is 7.84. The minimum atomic E-state index is -0.453. The predicted octanol–water partition coefficient (Wildman–Crippen LogP) is 1.89.